The minimum Gasteiger partial charge on any atom is -0.494 e. The molecule has 0 amide bonds. The largest absolute Gasteiger partial charge is 0.494 e. The molecule has 2 heterocycles. The standard InChI is InChI=1S/C22H32N4O2S/c1-3-27-18-7-8-21(28-4-2)20(14-18)25-22(23)24-15-17-9-11-26(12-10-17)16-19-6-5-13-29-19/h5-8,13-14,17H,3-4,9-12,15-16H2,1-2H3,(H3,23,24,25). The van der Waals surface area contributed by atoms with Gasteiger partial charge < -0.3 is 20.5 Å². The third-order valence-electron chi connectivity index (χ3n) is 5.01. The molecule has 0 unspecified atom stereocenters. The van der Waals surface area contributed by atoms with E-state index in [0.717, 1.165) is 56.2 Å². The third kappa shape index (κ3) is 6.65. The van der Waals surface area contributed by atoms with E-state index >= 15 is 0 Å². The van der Waals surface area contributed by atoms with Gasteiger partial charge in [0.05, 0.1) is 18.9 Å². The highest BCUT2D eigenvalue weighted by Crippen LogP contribution is 2.29. The lowest BCUT2D eigenvalue weighted by Crippen LogP contribution is -2.34. The van der Waals surface area contributed by atoms with Crippen LogP contribution < -0.4 is 20.5 Å². The summed E-state index contributed by atoms with van der Waals surface area (Å²) < 4.78 is 11.3. The van der Waals surface area contributed by atoms with E-state index in [0.29, 0.717) is 25.1 Å². The molecule has 1 aliphatic rings. The number of hydrogen-bond donors (Lipinski definition) is 2. The van der Waals surface area contributed by atoms with Crippen LogP contribution in [0.3, 0.4) is 0 Å². The molecule has 1 aliphatic heterocycles. The maximum absolute atomic E-state index is 6.16. The van der Waals surface area contributed by atoms with Crippen LogP contribution in [0, 0.1) is 5.92 Å². The molecule has 3 rings (SSSR count). The van der Waals surface area contributed by atoms with Crippen molar-refractivity contribution in [1.29, 1.82) is 0 Å². The Morgan fingerprint density at radius 3 is 2.69 bits per heavy atom. The second kappa shape index (κ2) is 11.1. The third-order valence-corrected chi connectivity index (χ3v) is 5.87. The first-order valence-electron chi connectivity index (χ1n) is 10.4. The van der Waals surface area contributed by atoms with Gasteiger partial charge in [-0.1, -0.05) is 6.07 Å². The Bertz CT molecular complexity index is 771. The second-order valence-electron chi connectivity index (χ2n) is 7.17. The molecule has 0 bridgehead atoms. The average Bonchev–Trinajstić information content (AvgIpc) is 3.23. The van der Waals surface area contributed by atoms with E-state index in [1.165, 1.54) is 4.88 Å². The van der Waals surface area contributed by atoms with Crippen molar-refractivity contribution in [1.82, 2.24) is 4.90 Å². The van der Waals surface area contributed by atoms with Crippen molar-refractivity contribution in [2.24, 2.45) is 16.6 Å². The Morgan fingerprint density at radius 2 is 2.00 bits per heavy atom. The number of nitrogens with one attached hydrogen (secondary N) is 1. The van der Waals surface area contributed by atoms with Crippen LogP contribution in [-0.2, 0) is 6.54 Å². The maximum atomic E-state index is 6.16. The summed E-state index contributed by atoms with van der Waals surface area (Å²) in [5.41, 5.74) is 6.95. The van der Waals surface area contributed by atoms with Crippen LogP contribution in [0.4, 0.5) is 5.69 Å². The van der Waals surface area contributed by atoms with Crippen LogP contribution in [-0.4, -0.2) is 43.7 Å². The van der Waals surface area contributed by atoms with E-state index in [1.54, 1.807) is 0 Å². The molecule has 2 aromatic rings. The maximum Gasteiger partial charge on any atom is 0.193 e. The first-order valence-corrected chi connectivity index (χ1v) is 11.3. The Labute approximate surface area is 177 Å². The van der Waals surface area contributed by atoms with Crippen LogP contribution in [0.15, 0.2) is 40.7 Å². The number of guanidine groups is 1. The van der Waals surface area contributed by atoms with E-state index in [9.17, 15) is 0 Å². The van der Waals surface area contributed by atoms with E-state index in [-0.39, 0.29) is 0 Å². The Morgan fingerprint density at radius 1 is 1.21 bits per heavy atom. The van der Waals surface area contributed by atoms with Crippen LogP contribution in [0.2, 0.25) is 0 Å². The number of anilines is 1. The van der Waals surface area contributed by atoms with Crippen LogP contribution in [0.5, 0.6) is 11.5 Å². The summed E-state index contributed by atoms with van der Waals surface area (Å²) >= 11 is 1.83. The first kappa shape index (κ1) is 21.5. The lowest BCUT2D eigenvalue weighted by Gasteiger charge is -2.30. The zero-order chi connectivity index (χ0) is 20.5. The Balaban J connectivity index is 1.50. The number of nitrogens with two attached hydrogens (primary N) is 1. The SMILES string of the molecule is CCOc1ccc(OCC)c(NC(N)=NCC2CCN(Cc3cccs3)CC2)c1. The monoisotopic (exact) mass is 416 g/mol. The van der Waals surface area contributed by atoms with Crippen LogP contribution in [0.25, 0.3) is 0 Å². The molecule has 6 nitrogen and oxygen atoms in total. The summed E-state index contributed by atoms with van der Waals surface area (Å²) in [7, 11) is 0. The first-order chi connectivity index (χ1) is 14.2. The number of aliphatic imine (C=N–C) groups is 1. The van der Waals surface area contributed by atoms with Gasteiger partial charge in [-0.05, 0) is 69.3 Å². The van der Waals surface area contributed by atoms with Crippen LogP contribution >= 0.6 is 11.3 Å². The van der Waals surface area contributed by atoms with Crippen molar-refractivity contribution in [2.75, 3.05) is 38.2 Å². The fourth-order valence-electron chi connectivity index (χ4n) is 3.50. The Kier molecular flexibility index (Phi) is 8.19. The van der Waals surface area contributed by atoms with Crippen molar-refractivity contribution < 1.29 is 9.47 Å². The van der Waals surface area contributed by atoms with Crippen molar-refractivity contribution in [3.63, 3.8) is 0 Å². The topological polar surface area (TPSA) is 72.1 Å². The number of ether oxygens (including phenoxy) is 2. The number of nitrogens with zero attached hydrogens (tertiary/aromatic N) is 2. The fourth-order valence-corrected chi connectivity index (χ4v) is 4.25. The van der Waals surface area contributed by atoms with Crippen molar-refractivity contribution in [2.45, 2.75) is 33.2 Å². The zero-order valence-corrected chi connectivity index (χ0v) is 18.2. The van der Waals surface area contributed by atoms with Gasteiger partial charge in [-0.3, -0.25) is 9.89 Å². The molecule has 3 N–H and O–H groups in total. The second-order valence-corrected chi connectivity index (χ2v) is 8.21. The number of piperidine rings is 1. The van der Waals surface area contributed by atoms with Gasteiger partial charge in [0.15, 0.2) is 5.96 Å². The minimum atomic E-state index is 0.417. The van der Waals surface area contributed by atoms with Gasteiger partial charge in [0.25, 0.3) is 0 Å². The smallest absolute Gasteiger partial charge is 0.193 e. The number of likely N-dealkylation sites (tertiary alicyclic amines) is 1. The molecule has 1 aromatic heterocycles. The molecular formula is C22H32N4O2S. The van der Waals surface area contributed by atoms with E-state index in [4.69, 9.17) is 15.2 Å². The van der Waals surface area contributed by atoms with Crippen molar-refractivity contribution in [3.05, 3.63) is 40.6 Å². The molecule has 0 saturated carbocycles. The minimum absolute atomic E-state index is 0.417. The Hall–Kier alpha value is -2.25. The van der Waals surface area contributed by atoms with Gasteiger partial charge in [-0.2, -0.15) is 0 Å². The van der Waals surface area contributed by atoms with Gasteiger partial charge in [0.2, 0.25) is 0 Å². The molecule has 0 radical (unpaired) electrons. The van der Waals surface area contributed by atoms with Gasteiger partial charge in [0.1, 0.15) is 11.5 Å². The predicted octanol–water partition coefficient (Wildman–Crippen LogP) is 4.18. The van der Waals surface area contributed by atoms with Crippen LogP contribution in [0.1, 0.15) is 31.6 Å². The highest BCUT2D eigenvalue weighted by atomic mass is 32.1. The van der Waals surface area contributed by atoms with Crippen molar-refractivity contribution >= 4 is 23.0 Å². The molecule has 1 fully saturated rings. The molecule has 0 aliphatic carbocycles. The normalized spacial score (nSPS) is 16.0. The number of thiophene rings is 1. The fraction of sp³-hybridized carbons (Fsp3) is 0.500. The average molecular weight is 417 g/mol. The van der Waals surface area contributed by atoms with E-state index in [2.05, 4.69) is 32.7 Å². The molecule has 7 heteroatoms. The van der Waals surface area contributed by atoms with Gasteiger partial charge in [-0.25, -0.2) is 0 Å². The highest BCUT2D eigenvalue weighted by molar-refractivity contribution is 7.09. The summed E-state index contributed by atoms with van der Waals surface area (Å²) in [4.78, 5) is 8.56. The van der Waals surface area contributed by atoms with Crippen molar-refractivity contribution in [3.8, 4) is 11.5 Å². The number of rotatable bonds is 9. The highest BCUT2D eigenvalue weighted by Gasteiger charge is 2.19. The summed E-state index contributed by atoms with van der Waals surface area (Å²) in [6.45, 7) is 9.18. The van der Waals surface area contributed by atoms with Gasteiger partial charge in [0, 0.05) is 24.0 Å². The molecule has 29 heavy (non-hydrogen) atoms. The van der Waals surface area contributed by atoms with Gasteiger partial charge in [-0.15, -0.1) is 11.3 Å². The molecule has 158 valence electrons. The lowest BCUT2D eigenvalue weighted by molar-refractivity contribution is 0.182. The molecule has 1 aromatic carbocycles. The quantitative estimate of drug-likeness (QED) is 0.474. The molecular weight excluding hydrogens is 384 g/mol. The summed E-state index contributed by atoms with van der Waals surface area (Å²) in [6, 6.07) is 10.0. The predicted molar refractivity (Wildman–Crippen MR) is 121 cm³/mol. The summed E-state index contributed by atoms with van der Waals surface area (Å²) in [5, 5.41) is 5.33. The number of hydrogen-bond acceptors (Lipinski definition) is 5. The van der Waals surface area contributed by atoms with E-state index in [1.807, 2.05) is 43.4 Å². The molecule has 0 spiro atoms. The van der Waals surface area contributed by atoms with Gasteiger partial charge >= 0.3 is 0 Å². The lowest BCUT2D eigenvalue weighted by atomic mass is 9.97. The number of benzene rings is 1. The zero-order valence-electron chi connectivity index (χ0n) is 17.4. The van der Waals surface area contributed by atoms with E-state index < -0.39 is 0 Å². The summed E-state index contributed by atoms with van der Waals surface area (Å²) in [6.07, 6.45) is 2.32. The molecule has 0 atom stereocenters. The summed E-state index contributed by atoms with van der Waals surface area (Å²) in [5.74, 6) is 2.53. The molecule has 1 saturated heterocycles.